The van der Waals surface area contributed by atoms with Crippen molar-refractivity contribution in [3.63, 3.8) is 0 Å². The van der Waals surface area contributed by atoms with Crippen molar-refractivity contribution in [1.82, 2.24) is 10.3 Å². The largest absolute Gasteiger partial charge is 0.371 e. The molecule has 0 aliphatic carbocycles. The van der Waals surface area contributed by atoms with Crippen LogP contribution in [0.4, 0.5) is 16.2 Å². The molecule has 5 nitrogen and oxygen atoms in total. The SMILES string of the molecule is Cc1ccc(NC(=O)NC2CCN(c3ccnc4ccccc34)CC2)cc1. The van der Waals surface area contributed by atoms with E-state index in [1.54, 1.807) is 0 Å². The Morgan fingerprint density at radius 1 is 1.04 bits per heavy atom. The number of anilines is 2. The Balaban J connectivity index is 1.34. The average Bonchev–Trinajstić information content (AvgIpc) is 2.70. The molecule has 0 spiro atoms. The zero-order valence-electron chi connectivity index (χ0n) is 15.5. The lowest BCUT2D eigenvalue weighted by atomic mass is 10.0. The Hall–Kier alpha value is -3.08. The Morgan fingerprint density at radius 3 is 2.56 bits per heavy atom. The number of amides is 2. The summed E-state index contributed by atoms with van der Waals surface area (Å²) in [6, 6.07) is 18.2. The van der Waals surface area contributed by atoms with Crippen molar-refractivity contribution in [1.29, 1.82) is 0 Å². The van der Waals surface area contributed by atoms with Crippen LogP contribution in [0.3, 0.4) is 0 Å². The molecule has 4 rings (SSSR count). The van der Waals surface area contributed by atoms with Crippen LogP contribution in [-0.4, -0.2) is 30.1 Å². The number of hydrogen-bond acceptors (Lipinski definition) is 3. The van der Waals surface area contributed by atoms with E-state index in [2.05, 4.69) is 38.7 Å². The van der Waals surface area contributed by atoms with Gasteiger partial charge in [0.15, 0.2) is 0 Å². The van der Waals surface area contributed by atoms with E-state index in [4.69, 9.17) is 0 Å². The third-order valence-corrected chi connectivity index (χ3v) is 5.11. The molecule has 0 atom stereocenters. The van der Waals surface area contributed by atoms with Gasteiger partial charge < -0.3 is 15.5 Å². The van der Waals surface area contributed by atoms with Gasteiger partial charge in [-0.15, -0.1) is 0 Å². The summed E-state index contributed by atoms with van der Waals surface area (Å²) in [6.45, 7) is 3.87. The van der Waals surface area contributed by atoms with E-state index in [9.17, 15) is 4.79 Å². The third-order valence-electron chi connectivity index (χ3n) is 5.11. The molecule has 1 saturated heterocycles. The first-order valence-electron chi connectivity index (χ1n) is 9.42. The summed E-state index contributed by atoms with van der Waals surface area (Å²) in [5.41, 5.74) is 4.24. The Morgan fingerprint density at radius 2 is 1.78 bits per heavy atom. The minimum atomic E-state index is -0.133. The number of aromatic nitrogens is 1. The summed E-state index contributed by atoms with van der Waals surface area (Å²) in [7, 11) is 0. The van der Waals surface area contributed by atoms with Crippen molar-refractivity contribution in [3.05, 3.63) is 66.4 Å². The van der Waals surface area contributed by atoms with Crippen molar-refractivity contribution in [3.8, 4) is 0 Å². The Labute approximate surface area is 159 Å². The van der Waals surface area contributed by atoms with Gasteiger partial charge in [0, 0.05) is 42.1 Å². The topological polar surface area (TPSA) is 57.3 Å². The number of rotatable bonds is 3. The van der Waals surface area contributed by atoms with E-state index in [1.165, 1.54) is 16.6 Å². The zero-order valence-corrected chi connectivity index (χ0v) is 15.5. The fraction of sp³-hybridized carbons (Fsp3) is 0.273. The number of benzene rings is 2. The van der Waals surface area contributed by atoms with Crippen LogP contribution in [-0.2, 0) is 0 Å². The Bertz CT molecular complexity index is 925. The van der Waals surface area contributed by atoms with Crippen molar-refractivity contribution >= 4 is 28.3 Å². The minimum Gasteiger partial charge on any atom is -0.371 e. The predicted molar refractivity (Wildman–Crippen MR) is 110 cm³/mol. The van der Waals surface area contributed by atoms with E-state index in [0.29, 0.717) is 0 Å². The number of carbonyl (C=O) groups excluding carboxylic acids is 1. The molecule has 0 unspecified atom stereocenters. The molecule has 1 aromatic heterocycles. The van der Waals surface area contributed by atoms with Crippen LogP contribution in [0.15, 0.2) is 60.8 Å². The molecule has 0 radical (unpaired) electrons. The first-order chi connectivity index (χ1) is 13.2. The number of pyridine rings is 1. The van der Waals surface area contributed by atoms with Crippen molar-refractivity contribution in [2.24, 2.45) is 0 Å². The molecule has 2 aromatic carbocycles. The zero-order chi connectivity index (χ0) is 18.6. The summed E-state index contributed by atoms with van der Waals surface area (Å²) >= 11 is 0. The Kier molecular flexibility index (Phi) is 4.92. The van der Waals surface area contributed by atoms with Gasteiger partial charge in [0.05, 0.1) is 5.52 Å². The van der Waals surface area contributed by atoms with E-state index in [-0.39, 0.29) is 12.1 Å². The van der Waals surface area contributed by atoms with E-state index < -0.39 is 0 Å². The highest BCUT2D eigenvalue weighted by Crippen LogP contribution is 2.27. The third kappa shape index (κ3) is 4.03. The van der Waals surface area contributed by atoms with Crippen LogP contribution in [0.1, 0.15) is 18.4 Å². The summed E-state index contributed by atoms with van der Waals surface area (Å²) in [6.07, 6.45) is 3.73. The smallest absolute Gasteiger partial charge is 0.319 e. The van der Waals surface area contributed by atoms with Gasteiger partial charge in [0.1, 0.15) is 0 Å². The molecule has 0 bridgehead atoms. The number of urea groups is 1. The molecule has 2 amide bonds. The molecule has 2 N–H and O–H groups in total. The van der Waals surface area contributed by atoms with Crippen LogP contribution in [0.2, 0.25) is 0 Å². The summed E-state index contributed by atoms with van der Waals surface area (Å²) in [5.74, 6) is 0. The van der Waals surface area contributed by atoms with Gasteiger partial charge in [-0.25, -0.2) is 4.79 Å². The van der Waals surface area contributed by atoms with Gasteiger partial charge in [0.2, 0.25) is 0 Å². The van der Waals surface area contributed by atoms with E-state index >= 15 is 0 Å². The van der Waals surface area contributed by atoms with Gasteiger partial charge in [-0.2, -0.15) is 0 Å². The maximum Gasteiger partial charge on any atom is 0.319 e. The molecule has 1 aliphatic heterocycles. The molecule has 1 fully saturated rings. The molecule has 138 valence electrons. The second-order valence-corrected chi connectivity index (χ2v) is 7.07. The molecule has 1 aliphatic rings. The van der Waals surface area contributed by atoms with Gasteiger partial charge >= 0.3 is 6.03 Å². The first kappa shape index (κ1) is 17.3. The van der Waals surface area contributed by atoms with E-state index in [0.717, 1.165) is 37.1 Å². The lowest BCUT2D eigenvalue weighted by Crippen LogP contribution is -2.46. The van der Waals surface area contributed by atoms with Gasteiger partial charge in [-0.3, -0.25) is 4.98 Å². The molecular weight excluding hydrogens is 336 g/mol. The van der Waals surface area contributed by atoms with Gasteiger partial charge in [0.25, 0.3) is 0 Å². The molecule has 5 heteroatoms. The quantitative estimate of drug-likeness (QED) is 0.731. The van der Waals surface area contributed by atoms with Crippen LogP contribution in [0, 0.1) is 6.92 Å². The highest BCUT2D eigenvalue weighted by atomic mass is 16.2. The first-order valence-corrected chi connectivity index (χ1v) is 9.42. The van der Waals surface area contributed by atoms with Crippen LogP contribution in [0.5, 0.6) is 0 Å². The highest BCUT2D eigenvalue weighted by molar-refractivity contribution is 5.91. The number of nitrogens with zero attached hydrogens (tertiary/aromatic N) is 2. The normalized spacial score (nSPS) is 14.9. The monoisotopic (exact) mass is 360 g/mol. The molecule has 27 heavy (non-hydrogen) atoms. The van der Waals surface area contributed by atoms with Crippen molar-refractivity contribution in [2.75, 3.05) is 23.3 Å². The van der Waals surface area contributed by atoms with Crippen LogP contribution < -0.4 is 15.5 Å². The van der Waals surface area contributed by atoms with Crippen LogP contribution >= 0.6 is 0 Å². The number of fused-ring (bicyclic) bond motifs is 1. The molecule has 3 aromatic rings. The van der Waals surface area contributed by atoms with Crippen molar-refractivity contribution < 1.29 is 4.79 Å². The summed E-state index contributed by atoms with van der Waals surface area (Å²) in [4.78, 5) is 19.1. The number of carbonyl (C=O) groups is 1. The predicted octanol–water partition coefficient (Wildman–Crippen LogP) is 4.33. The fourth-order valence-electron chi connectivity index (χ4n) is 3.61. The second kappa shape index (κ2) is 7.66. The van der Waals surface area contributed by atoms with E-state index in [1.807, 2.05) is 49.5 Å². The van der Waals surface area contributed by atoms with Gasteiger partial charge in [-0.1, -0.05) is 35.9 Å². The summed E-state index contributed by atoms with van der Waals surface area (Å²) in [5, 5.41) is 7.20. The van der Waals surface area contributed by atoms with Crippen LogP contribution in [0.25, 0.3) is 10.9 Å². The molecule has 0 saturated carbocycles. The second-order valence-electron chi connectivity index (χ2n) is 7.07. The average molecular weight is 360 g/mol. The molecule has 2 heterocycles. The number of para-hydroxylation sites is 1. The standard InChI is InChI=1S/C22H24N4O/c1-16-6-8-17(9-7-16)24-22(27)25-18-11-14-26(15-12-18)21-10-13-23-20-5-3-2-4-19(20)21/h2-10,13,18H,11-12,14-15H2,1H3,(H2,24,25,27). The molecular formula is C22H24N4O. The van der Waals surface area contributed by atoms with Gasteiger partial charge in [-0.05, 0) is 44.0 Å². The number of nitrogens with one attached hydrogen (secondary N) is 2. The summed E-state index contributed by atoms with van der Waals surface area (Å²) < 4.78 is 0. The number of aryl methyl sites for hydroxylation is 1. The highest BCUT2D eigenvalue weighted by Gasteiger charge is 2.22. The number of hydrogen-bond donors (Lipinski definition) is 2. The maximum absolute atomic E-state index is 12.2. The lowest BCUT2D eigenvalue weighted by Gasteiger charge is -2.34. The minimum absolute atomic E-state index is 0.133. The number of piperidine rings is 1. The maximum atomic E-state index is 12.2. The fourth-order valence-corrected chi connectivity index (χ4v) is 3.61. The van der Waals surface area contributed by atoms with Crippen molar-refractivity contribution in [2.45, 2.75) is 25.8 Å². The lowest BCUT2D eigenvalue weighted by molar-refractivity contribution is 0.246.